The minimum atomic E-state index is 0.214. The van der Waals surface area contributed by atoms with Gasteiger partial charge in [0.05, 0.1) is 12.0 Å². The molecule has 0 spiro atoms. The van der Waals surface area contributed by atoms with Crippen LogP contribution in [0.25, 0.3) is 11.0 Å². The normalized spacial score (nSPS) is 17.1. The second kappa shape index (κ2) is 5.63. The highest BCUT2D eigenvalue weighted by molar-refractivity contribution is 9.10. The highest BCUT2D eigenvalue weighted by Gasteiger charge is 2.22. The van der Waals surface area contributed by atoms with E-state index >= 15 is 0 Å². The molecule has 0 bridgehead atoms. The van der Waals surface area contributed by atoms with Gasteiger partial charge in [0.1, 0.15) is 16.7 Å². The minimum Gasteiger partial charge on any atom is -0.395 e. The number of aliphatic hydroxyl groups excluding tert-OH is 1. The molecule has 0 saturated carbocycles. The molecule has 0 aliphatic carbocycles. The molecule has 20 heavy (non-hydrogen) atoms. The number of nitrogens with zero attached hydrogens (tertiary/aromatic N) is 6. The van der Waals surface area contributed by atoms with Crippen LogP contribution < -0.4 is 4.90 Å². The van der Waals surface area contributed by atoms with Crippen LogP contribution in [-0.2, 0) is 7.05 Å². The summed E-state index contributed by atoms with van der Waals surface area (Å²) in [6, 6.07) is 0. The first-order valence-corrected chi connectivity index (χ1v) is 7.41. The van der Waals surface area contributed by atoms with E-state index in [2.05, 4.69) is 40.8 Å². The number of β-amino-alcohol motifs (C(OH)–C–C–N with tert-alkyl or cyclic N) is 1. The summed E-state index contributed by atoms with van der Waals surface area (Å²) in [7, 11) is 1.88. The summed E-state index contributed by atoms with van der Waals surface area (Å²) in [5.74, 6) is 0.929. The molecule has 1 N–H and O–H groups in total. The molecular formula is C12H17BrN6O. The average Bonchev–Trinajstić information content (AvgIpc) is 2.76. The Morgan fingerprint density at radius 2 is 2.00 bits per heavy atom. The van der Waals surface area contributed by atoms with Gasteiger partial charge in [-0.05, 0) is 15.9 Å². The maximum Gasteiger partial charge on any atom is 0.164 e. The Hall–Kier alpha value is -1.25. The number of halogens is 1. The minimum absolute atomic E-state index is 0.214. The molecule has 3 heterocycles. The third kappa shape index (κ3) is 2.38. The number of hydrogen-bond donors (Lipinski definition) is 1. The number of aliphatic hydroxyl groups is 1. The van der Waals surface area contributed by atoms with Crippen LogP contribution in [0.15, 0.2) is 10.9 Å². The van der Waals surface area contributed by atoms with Gasteiger partial charge >= 0.3 is 0 Å². The summed E-state index contributed by atoms with van der Waals surface area (Å²) in [5, 5.41) is 14.3. The first kappa shape index (κ1) is 13.7. The predicted molar refractivity (Wildman–Crippen MR) is 79.7 cm³/mol. The molecule has 8 heteroatoms. The predicted octanol–water partition coefficient (Wildman–Crippen LogP) is 0.240. The van der Waals surface area contributed by atoms with E-state index in [9.17, 15) is 0 Å². The second-order valence-electron chi connectivity index (χ2n) is 4.86. The molecule has 0 radical (unpaired) electrons. The van der Waals surface area contributed by atoms with Gasteiger partial charge in [-0.2, -0.15) is 5.10 Å². The lowest BCUT2D eigenvalue weighted by Crippen LogP contribution is -2.47. The van der Waals surface area contributed by atoms with Gasteiger partial charge in [-0.25, -0.2) is 14.6 Å². The molecule has 1 aliphatic heterocycles. The van der Waals surface area contributed by atoms with Crippen molar-refractivity contribution in [2.75, 3.05) is 44.2 Å². The van der Waals surface area contributed by atoms with Crippen LogP contribution in [0.4, 0.5) is 5.82 Å². The number of piperazine rings is 1. The van der Waals surface area contributed by atoms with E-state index in [0.29, 0.717) is 0 Å². The standard InChI is InChI=1S/C12H17BrN6O/c1-17-11-9(10(13)16-17)12(15-8-14-11)19-4-2-18(3-5-19)6-7-20/h8,20H,2-7H2,1H3. The van der Waals surface area contributed by atoms with E-state index in [0.717, 1.165) is 54.2 Å². The molecule has 1 saturated heterocycles. The van der Waals surface area contributed by atoms with Crippen LogP contribution in [0.3, 0.4) is 0 Å². The number of rotatable bonds is 3. The van der Waals surface area contributed by atoms with Crippen molar-refractivity contribution in [1.29, 1.82) is 0 Å². The summed E-state index contributed by atoms with van der Waals surface area (Å²) < 4.78 is 2.54. The van der Waals surface area contributed by atoms with Crippen LogP contribution in [0.2, 0.25) is 0 Å². The topological polar surface area (TPSA) is 70.3 Å². The van der Waals surface area contributed by atoms with E-state index in [1.54, 1.807) is 11.0 Å². The smallest absolute Gasteiger partial charge is 0.164 e. The van der Waals surface area contributed by atoms with Crippen LogP contribution in [0.5, 0.6) is 0 Å². The van der Waals surface area contributed by atoms with Crippen LogP contribution >= 0.6 is 15.9 Å². The van der Waals surface area contributed by atoms with Crippen molar-refractivity contribution in [3.63, 3.8) is 0 Å². The fraction of sp³-hybridized carbons (Fsp3) is 0.583. The van der Waals surface area contributed by atoms with Crippen molar-refractivity contribution in [3.05, 3.63) is 10.9 Å². The van der Waals surface area contributed by atoms with Crippen molar-refractivity contribution in [1.82, 2.24) is 24.6 Å². The van der Waals surface area contributed by atoms with Gasteiger partial charge in [0.25, 0.3) is 0 Å². The van der Waals surface area contributed by atoms with Crippen molar-refractivity contribution in [2.24, 2.45) is 7.05 Å². The molecule has 7 nitrogen and oxygen atoms in total. The van der Waals surface area contributed by atoms with Crippen molar-refractivity contribution < 1.29 is 5.11 Å². The number of aromatic nitrogens is 4. The summed E-state index contributed by atoms with van der Waals surface area (Å²) in [4.78, 5) is 13.2. The molecule has 2 aromatic heterocycles. The highest BCUT2D eigenvalue weighted by Crippen LogP contribution is 2.29. The van der Waals surface area contributed by atoms with E-state index in [-0.39, 0.29) is 6.61 Å². The summed E-state index contributed by atoms with van der Waals surface area (Å²) >= 11 is 3.49. The molecule has 3 rings (SSSR count). The Morgan fingerprint density at radius 3 is 2.70 bits per heavy atom. The highest BCUT2D eigenvalue weighted by atomic mass is 79.9. The second-order valence-corrected chi connectivity index (χ2v) is 5.61. The molecule has 2 aromatic rings. The zero-order valence-electron chi connectivity index (χ0n) is 11.3. The van der Waals surface area contributed by atoms with E-state index < -0.39 is 0 Å². The first-order valence-electron chi connectivity index (χ1n) is 6.62. The average molecular weight is 341 g/mol. The molecule has 0 unspecified atom stereocenters. The maximum absolute atomic E-state index is 8.99. The number of aryl methyl sites for hydroxylation is 1. The molecular weight excluding hydrogens is 324 g/mol. The molecule has 108 valence electrons. The SMILES string of the molecule is Cn1nc(Br)c2c(N3CCN(CCO)CC3)ncnc21. The van der Waals surface area contributed by atoms with E-state index in [4.69, 9.17) is 5.11 Å². The maximum atomic E-state index is 8.99. The summed E-state index contributed by atoms with van der Waals surface area (Å²) in [6.45, 7) is 4.62. The zero-order valence-corrected chi connectivity index (χ0v) is 12.9. The number of anilines is 1. The third-order valence-electron chi connectivity index (χ3n) is 3.65. The van der Waals surface area contributed by atoms with Gasteiger partial charge in [0.2, 0.25) is 0 Å². The fourth-order valence-electron chi connectivity index (χ4n) is 2.59. The number of fused-ring (bicyclic) bond motifs is 1. The van der Waals surface area contributed by atoms with Crippen LogP contribution in [0, 0.1) is 0 Å². The monoisotopic (exact) mass is 340 g/mol. The lowest BCUT2D eigenvalue weighted by molar-refractivity contribution is 0.188. The van der Waals surface area contributed by atoms with Gasteiger partial charge in [-0.3, -0.25) is 4.90 Å². The quantitative estimate of drug-likeness (QED) is 0.863. The molecule has 0 amide bonds. The van der Waals surface area contributed by atoms with Gasteiger partial charge in [0, 0.05) is 39.8 Å². The Balaban J connectivity index is 1.88. The lowest BCUT2D eigenvalue weighted by Gasteiger charge is -2.35. The Morgan fingerprint density at radius 1 is 1.25 bits per heavy atom. The van der Waals surface area contributed by atoms with Gasteiger partial charge in [-0.15, -0.1) is 0 Å². The largest absolute Gasteiger partial charge is 0.395 e. The van der Waals surface area contributed by atoms with Gasteiger partial charge < -0.3 is 10.0 Å². The van der Waals surface area contributed by atoms with Crippen LogP contribution in [-0.4, -0.2) is 69.1 Å². The molecule has 0 atom stereocenters. The Kier molecular flexibility index (Phi) is 3.86. The van der Waals surface area contributed by atoms with E-state index in [1.165, 1.54) is 0 Å². The van der Waals surface area contributed by atoms with Gasteiger partial charge in [-0.1, -0.05) is 0 Å². The molecule has 1 aliphatic rings. The van der Waals surface area contributed by atoms with Crippen molar-refractivity contribution in [2.45, 2.75) is 0 Å². The van der Waals surface area contributed by atoms with Gasteiger partial charge in [0.15, 0.2) is 5.65 Å². The van der Waals surface area contributed by atoms with E-state index in [1.807, 2.05) is 7.05 Å². The first-order chi connectivity index (χ1) is 9.70. The fourth-order valence-corrected chi connectivity index (χ4v) is 3.18. The molecule has 0 aromatic carbocycles. The van der Waals surface area contributed by atoms with Crippen molar-refractivity contribution in [3.8, 4) is 0 Å². The summed E-state index contributed by atoms with van der Waals surface area (Å²) in [6.07, 6.45) is 1.59. The number of hydrogen-bond acceptors (Lipinski definition) is 6. The lowest BCUT2D eigenvalue weighted by atomic mass is 10.3. The zero-order chi connectivity index (χ0) is 14.1. The summed E-state index contributed by atoms with van der Waals surface area (Å²) in [5.41, 5.74) is 0.833. The Labute approximate surface area is 125 Å². The van der Waals surface area contributed by atoms with Crippen molar-refractivity contribution >= 4 is 32.8 Å². The third-order valence-corrected chi connectivity index (χ3v) is 4.20. The van der Waals surface area contributed by atoms with Crippen LogP contribution in [0.1, 0.15) is 0 Å². The Bertz CT molecular complexity index is 607. The molecule has 1 fully saturated rings.